The molecule has 0 radical (unpaired) electrons. The van der Waals surface area contributed by atoms with Gasteiger partial charge in [-0.05, 0) is 6.07 Å². The van der Waals surface area contributed by atoms with E-state index in [-0.39, 0.29) is 0 Å². The van der Waals surface area contributed by atoms with Crippen LogP contribution in [-0.2, 0) is 20.2 Å². The van der Waals surface area contributed by atoms with Crippen LogP contribution in [0.5, 0.6) is 5.75 Å². The van der Waals surface area contributed by atoms with Gasteiger partial charge in [-0.25, -0.2) is 0 Å². The van der Waals surface area contributed by atoms with Crippen LogP contribution in [-0.4, -0.2) is 14.8 Å². The maximum Gasteiger partial charge on any atom is 0.157 e. The Hall–Kier alpha value is -1.88. The van der Waals surface area contributed by atoms with E-state index in [1.165, 1.54) is 0 Å². The summed E-state index contributed by atoms with van der Waals surface area (Å²) in [6.07, 6.45) is 5.23. The summed E-state index contributed by atoms with van der Waals surface area (Å²) < 4.78 is 7.27. The number of rotatable bonds is 4. The van der Waals surface area contributed by atoms with E-state index in [2.05, 4.69) is 10.1 Å². The molecule has 16 heavy (non-hydrogen) atoms. The molecular formula is C11H14N4O. The summed E-state index contributed by atoms with van der Waals surface area (Å²) in [6.45, 7) is 0.888. The third-order valence-electron chi connectivity index (χ3n) is 2.25. The van der Waals surface area contributed by atoms with E-state index in [1.807, 2.05) is 25.4 Å². The molecule has 5 nitrogen and oxygen atoms in total. The van der Waals surface area contributed by atoms with Gasteiger partial charge < -0.3 is 10.5 Å². The quantitative estimate of drug-likeness (QED) is 0.826. The lowest BCUT2D eigenvalue weighted by Crippen LogP contribution is -2.06. The van der Waals surface area contributed by atoms with Crippen molar-refractivity contribution in [3.05, 3.63) is 42.0 Å². The molecule has 0 aliphatic heterocycles. The first-order valence-corrected chi connectivity index (χ1v) is 5.04. The maximum absolute atomic E-state index is 5.59. The lowest BCUT2D eigenvalue weighted by atomic mass is 10.2. The molecule has 2 aromatic rings. The highest BCUT2D eigenvalue weighted by atomic mass is 16.5. The zero-order valence-electron chi connectivity index (χ0n) is 9.13. The first-order chi connectivity index (χ1) is 7.79. The van der Waals surface area contributed by atoms with Crippen molar-refractivity contribution >= 4 is 0 Å². The first-order valence-electron chi connectivity index (χ1n) is 5.04. The van der Waals surface area contributed by atoms with Crippen molar-refractivity contribution in [2.24, 2.45) is 12.8 Å². The summed E-state index contributed by atoms with van der Waals surface area (Å²) in [5, 5.41) is 4.02. The number of ether oxygens (including phenoxy) is 1. The average Bonchev–Trinajstić information content (AvgIpc) is 2.73. The minimum Gasteiger partial charge on any atom is -0.486 e. The molecule has 0 atom stereocenters. The maximum atomic E-state index is 5.59. The van der Waals surface area contributed by atoms with Gasteiger partial charge in [-0.3, -0.25) is 9.67 Å². The molecule has 2 heterocycles. The SMILES string of the molecule is Cn1cc(OCc2cccnc2CN)cn1. The standard InChI is InChI=1S/C11H14N4O/c1-15-7-10(6-14-15)16-8-9-3-2-4-13-11(9)5-12/h2-4,6-7H,5,8,12H2,1H3. The van der Waals surface area contributed by atoms with Gasteiger partial charge >= 0.3 is 0 Å². The van der Waals surface area contributed by atoms with E-state index >= 15 is 0 Å². The number of aromatic nitrogens is 3. The van der Waals surface area contributed by atoms with E-state index in [0.717, 1.165) is 17.0 Å². The predicted octanol–water partition coefficient (Wildman–Crippen LogP) is 0.853. The second-order valence-electron chi connectivity index (χ2n) is 3.45. The molecule has 0 aromatic carbocycles. The van der Waals surface area contributed by atoms with E-state index in [0.29, 0.717) is 13.2 Å². The minimum absolute atomic E-state index is 0.423. The highest BCUT2D eigenvalue weighted by molar-refractivity contribution is 5.20. The third kappa shape index (κ3) is 2.38. The van der Waals surface area contributed by atoms with Crippen molar-refractivity contribution in [2.45, 2.75) is 13.2 Å². The Morgan fingerprint density at radius 3 is 3.06 bits per heavy atom. The highest BCUT2D eigenvalue weighted by Crippen LogP contribution is 2.12. The number of pyridine rings is 1. The Bertz CT molecular complexity index is 467. The molecule has 2 rings (SSSR count). The van der Waals surface area contributed by atoms with Crippen molar-refractivity contribution in [3.63, 3.8) is 0 Å². The third-order valence-corrected chi connectivity index (χ3v) is 2.25. The van der Waals surface area contributed by atoms with Gasteiger partial charge in [0, 0.05) is 25.4 Å². The fraction of sp³-hybridized carbons (Fsp3) is 0.273. The lowest BCUT2D eigenvalue weighted by Gasteiger charge is -2.06. The van der Waals surface area contributed by atoms with Crippen LogP contribution in [0.4, 0.5) is 0 Å². The molecular weight excluding hydrogens is 204 g/mol. The molecule has 0 aliphatic rings. The normalized spacial score (nSPS) is 10.4. The van der Waals surface area contributed by atoms with Crippen molar-refractivity contribution in [3.8, 4) is 5.75 Å². The Labute approximate surface area is 93.9 Å². The number of nitrogens with zero attached hydrogens (tertiary/aromatic N) is 3. The molecule has 5 heteroatoms. The molecule has 0 bridgehead atoms. The summed E-state index contributed by atoms with van der Waals surface area (Å²) in [5.41, 5.74) is 7.46. The van der Waals surface area contributed by atoms with E-state index < -0.39 is 0 Å². The predicted molar refractivity (Wildman–Crippen MR) is 59.7 cm³/mol. The fourth-order valence-corrected chi connectivity index (χ4v) is 1.42. The Morgan fingerprint density at radius 2 is 2.38 bits per heavy atom. The number of hydrogen-bond donors (Lipinski definition) is 1. The number of aryl methyl sites for hydroxylation is 1. The van der Waals surface area contributed by atoms with Crippen LogP contribution in [0.25, 0.3) is 0 Å². The molecule has 0 saturated carbocycles. The molecule has 2 N–H and O–H groups in total. The molecule has 0 amide bonds. The van der Waals surface area contributed by atoms with E-state index in [4.69, 9.17) is 10.5 Å². The first kappa shape index (κ1) is 10.6. The van der Waals surface area contributed by atoms with Crippen LogP contribution < -0.4 is 10.5 Å². The summed E-state index contributed by atoms with van der Waals surface area (Å²) >= 11 is 0. The van der Waals surface area contributed by atoms with Gasteiger partial charge in [0.2, 0.25) is 0 Å². The zero-order chi connectivity index (χ0) is 11.4. The van der Waals surface area contributed by atoms with Gasteiger partial charge in [-0.1, -0.05) is 6.07 Å². The fourth-order valence-electron chi connectivity index (χ4n) is 1.42. The van der Waals surface area contributed by atoms with E-state index in [1.54, 1.807) is 17.1 Å². The molecule has 84 valence electrons. The van der Waals surface area contributed by atoms with Crippen molar-refractivity contribution in [1.82, 2.24) is 14.8 Å². The van der Waals surface area contributed by atoms with Crippen LogP contribution in [0.1, 0.15) is 11.3 Å². The second-order valence-corrected chi connectivity index (χ2v) is 3.45. The summed E-state index contributed by atoms with van der Waals surface area (Å²) in [7, 11) is 1.85. The molecule has 0 saturated heterocycles. The number of nitrogens with two attached hydrogens (primary N) is 1. The van der Waals surface area contributed by atoms with E-state index in [9.17, 15) is 0 Å². The summed E-state index contributed by atoms with van der Waals surface area (Å²) in [4.78, 5) is 4.19. The molecule has 0 aliphatic carbocycles. The van der Waals surface area contributed by atoms with Crippen molar-refractivity contribution < 1.29 is 4.74 Å². The molecule has 0 unspecified atom stereocenters. The van der Waals surface area contributed by atoms with Gasteiger partial charge in [0.15, 0.2) is 5.75 Å². The monoisotopic (exact) mass is 218 g/mol. The van der Waals surface area contributed by atoms with Crippen molar-refractivity contribution in [2.75, 3.05) is 0 Å². The van der Waals surface area contributed by atoms with Crippen molar-refractivity contribution in [1.29, 1.82) is 0 Å². The topological polar surface area (TPSA) is 66.0 Å². The smallest absolute Gasteiger partial charge is 0.157 e. The van der Waals surface area contributed by atoms with Crippen LogP contribution in [0, 0.1) is 0 Å². The lowest BCUT2D eigenvalue weighted by molar-refractivity contribution is 0.304. The van der Waals surface area contributed by atoms with Crippen LogP contribution in [0.15, 0.2) is 30.7 Å². The van der Waals surface area contributed by atoms with Gasteiger partial charge in [0.25, 0.3) is 0 Å². The average molecular weight is 218 g/mol. The summed E-state index contributed by atoms with van der Waals surface area (Å²) in [6, 6.07) is 3.84. The largest absolute Gasteiger partial charge is 0.486 e. The minimum atomic E-state index is 0.423. The van der Waals surface area contributed by atoms with Gasteiger partial charge in [-0.2, -0.15) is 5.10 Å². The van der Waals surface area contributed by atoms with Crippen LogP contribution in [0.3, 0.4) is 0 Å². The second kappa shape index (κ2) is 4.76. The highest BCUT2D eigenvalue weighted by Gasteiger charge is 2.03. The zero-order valence-corrected chi connectivity index (χ0v) is 9.13. The molecule has 0 spiro atoms. The Balaban J connectivity index is 2.04. The Morgan fingerprint density at radius 1 is 1.50 bits per heavy atom. The molecule has 2 aromatic heterocycles. The van der Waals surface area contributed by atoms with Gasteiger partial charge in [0.05, 0.1) is 18.1 Å². The van der Waals surface area contributed by atoms with Gasteiger partial charge in [-0.15, -0.1) is 0 Å². The van der Waals surface area contributed by atoms with Crippen LogP contribution in [0.2, 0.25) is 0 Å². The number of hydrogen-bond acceptors (Lipinski definition) is 4. The summed E-state index contributed by atoms with van der Waals surface area (Å²) in [5.74, 6) is 0.745. The van der Waals surface area contributed by atoms with Crippen LogP contribution >= 0.6 is 0 Å². The van der Waals surface area contributed by atoms with Gasteiger partial charge in [0.1, 0.15) is 6.61 Å². The Kier molecular flexibility index (Phi) is 3.16. The molecule has 0 fully saturated rings.